The molecule has 1 aliphatic heterocycles. The topological polar surface area (TPSA) is 81.9 Å². The summed E-state index contributed by atoms with van der Waals surface area (Å²) in [5.41, 5.74) is 5.94. The van der Waals surface area contributed by atoms with E-state index in [4.69, 9.17) is 14.5 Å². The average molecular weight is 536 g/mol. The molecule has 0 unspecified atom stereocenters. The van der Waals surface area contributed by atoms with Crippen molar-refractivity contribution in [2.24, 2.45) is 0 Å². The van der Waals surface area contributed by atoms with Crippen LogP contribution in [0.1, 0.15) is 39.2 Å². The van der Waals surface area contributed by atoms with Crippen molar-refractivity contribution >= 4 is 22.6 Å². The molecular formula is C32H33N5O3. The molecule has 2 aromatic carbocycles. The van der Waals surface area contributed by atoms with Gasteiger partial charge in [0.1, 0.15) is 5.60 Å². The number of ether oxygens (including phenoxy) is 2. The first-order valence-electron chi connectivity index (χ1n) is 13.6. The molecule has 0 saturated carbocycles. The number of para-hydroxylation sites is 1. The van der Waals surface area contributed by atoms with Gasteiger partial charge >= 0.3 is 6.09 Å². The van der Waals surface area contributed by atoms with E-state index in [0.29, 0.717) is 25.9 Å². The summed E-state index contributed by atoms with van der Waals surface area (Å²) in [6.07, 6.45) is 8.73. The van der Waals surface area contributed by atoms with Gasteiger partial charge in [-0.2, -0.15) is 5.10 Å². The highest BCUT2D eigenvalue weighted by molar-refractivity contribution is 5.97. The lowest BCUT2D eigenvalue weighted by atomic mass is 9.83. The van der Waals surface area contributed by atoms with Gasteiger partial charge in [-0.3, -0.25) is 4.98 Å². The standard InChI is InChI=1S/C32H33N5O3/c1-31(2,3)40-30(38)36-17-14-32(39-4,15-18-36)24-11-9-22(10-12-24)23-19-34-29-27(20-35-37(29)21-23)25-13-16-33-28-8-6-5-7-26(25)28/h5-13,16,19-21H,14-15,17-18H2,1-4H3. The minimum Gasteiger partial charge on any atom is -0.444 e. The van der Waals surface area contributed by atoms with Gasteiger partial charge in [0, 0.05) is 55.3 Å². The van der Waals surface area contributed by atoms with E-state index in [2.05, 4.69) is 40.4 Å². The van der Waals surface area contributed by atoms with Gasteiger partial charge in [-0.05, 0) is 62.4 Å². The molecule has 204 valence electrons. The van der Waals surface area contributed by atoms with E-state index in [-0.39, 0.29) is 6.09 Å². The van der Waals surface area contributed by atoms with Crippen LogP contribution in [-0.2, 0) is 15.1 Å². The number of carbonyl (C=O) groups excluding carboxylic acids is 1. The smallest absolute Gasteiger partial charge is 0.410 e. The van der Waals surface area contributed by atoms with Gasteiger partial charge in [0.05, 0.1) is 17.3 Å². The van der Waals surface area contributed by atoms with E-state index in [1.807, 2.05) is 74.3 Å². The normalized spacial score (nSPS) is 15.4. The third-order valence-corrected chi connectivity index (χ3v) is 7.65. The summed E-state index contributed by atoms with van der Waals surface area (Å²) < 4.78 is 13.4. The fourth-order valence-electron chi connectivity index (χ4n) is 5.50. The Morgan fingerprint density at radius 2 is 1.65 bits per heavy atom. The van der Waals surface area contributed by atoms with Crippen molar-refractivity contribution in [1.29, 1.82) is 0 Å². The fraction of sp³-hybridized carbons (Fsp3) is 0.312. The first-order valence-corrected chi connectivity index (χ1v) is 13.6. The molecule has 40 heavy (non-hydrogen) atoms. The highest BCUT2D eigenvalue weighted by Crippen LogP contribution is 2.38. The van der Waals surface area contributed by atoms with Gasteiger partial charge in [-0.1, -0.05) is 42.5 Å². The lowest BCUT2D eigenvalue weighted by molar-refractivity contribution is -0.0650. The van der Waals surface area contributed by atoms with Crippen LogP contribution in [0.15, 0.2) is 79.4 Å². The first kappa shape index (κ1) is 26.0. The van der Waals surface area contributed by atoms with Crippen LogP contribution in [0.5, 0.6) is 0 Å². The number of carbonyl (C=O) groups is 1. The SMILES string of the molecule is COC1(c2ccc(-c3cnc4c(-c5ccnc6ccccc56)cnn4c3)cc2)CCN(C(=O)OC(C)(C)C)CC1. The summed E-state index contributed by atoms with van der Waals surface area (Å²) in [5, 5.41) is 5.69. The summed E-state index contributed by atoms with van der Waals surface area (Å²) in [6, 6.07) is 18.5. The van der Waals surface area contributed by atoms with Crippen LogP contribution in [0.3, 0.4) is 0 Å². The van der Waals surface area contributed by atoms with Gasteiger partial charge in [-0.15, -0.1) is 0 Å². The van der Waals surface area contributed by atoms with Crippen molar-refractivity contribution in [2.45, 2.75) is 44.8 Å². The van der Waals surface area contributed by atoms with Gasteiger partial charge in [-0.25, -0.2) is 14.3 Å². The van der Waals surface area contributed by atoms with E-state index in [9.17, 15) is 4.79 Å². The second kappa shape index (κ2) is 10.0. The Balaban J connectivity index is 1.22. The number of piperidine rings is 1. The number of aromatic nitrogens is 4. The monoisotopic (exact) mass is 535 g/mol. The van der Waals surface area contributed by atoms with Crippen LogP contribution in [0.2, 0.25) is 0 Å². The molecule has 3 aromatic heterocycles. The zero-order valence-electron chi connectivity index (χ0n) is 23.3. The molecule has 0 spiro atoms. The Bertz CT molecular complexity index is 1670. The second-order valence-corrected chi connectivity index (χ2v) is 11.3. The van der Waals surface area contributed by atoms with Gasteiger partial charge < -0.3 is 14.4 Å². The molecule has 8 nitrogen and oxygen atoms in total. The van der Waals surface area contributed by atoms with Crippen LogP contribution in [0.25, 0.3) is 38.8 Å². The zero-order valence-corrected chi connectivity index (χ0v) is 23.3. The van der Waals surface area contributed by atoms with Crippen molar-refractivity contribution < 1.29 is 14.3 Å². The van der Waals surface area contributed by atoms with Crippen LogP contribution >= 0.6 is 0 Å². The minimum absolute atomic E-state index is 0.269. The maximum absolute atomic E-state index is 12.5. The summed E-state index contributed by atoms with van der Waals surface area (Å²) >= 11 is 0. The number of nitrogens with zero attached hydrogens (tertiary/aromatic N) is 5. The number of hydrogen-bond donors (Lipinski definition) is 0. The summed E-state index contributed by atoms with van der Waals surface area (Å²) in [7, 11) is 1.75. The number of amides is 1. The van der Waals surface area contributed by atoms with Gasteiger partial charge in [0.15, 0.2) is 5.65 Å². The number of methoxy groups -OCH3 is 1. The Kier molecular flexibility index (Phi) is 6.50. The molecular weight excluding hydrogens is 502 g/mol. The number of benzene rings is 2. The molecule has 0 bridgehead atoms. The van der Waals surface area contributed by atoms with Crippen molar-refractivity contribution in [3.8, 4) is 22.3 Å². The number of pyridine rings is 1. The third-order valence-electron chi connectivity index (χ3n) is 7.65. The molecule has 1 aliphatic rings. The summed E-state index contributed by atoms with van der Waals surface area (Å²) in [6.45, 7) is 6.82. The van der Waals surface area contributed by atoms with Crippen LogP contribution in [0, 0.1) is 0 Å². The summed E-state index contributed by atoms with van der Waals surface area (Å²) in [5.74, 6) is 0. The molecule has 1 saturated heterocycles. The predicted octanol–water partition coefficient (Wildman–Crippen LogP) is 6.48. The molecule has 0 radical (unpaired) electrons. The molecule has 1 amide bonds. The summed E-state index contributed by atoms with van der Waals surface area (Å²) in [4.78, 5) is 23.6. The van der Waals surface area contributed by atoms with Crippen molar-refractivity contribution in [2.75, 3.05) is 20.2 Å². The Morgan fingerprint density at radius 1 is 0.900 bits per heavy atom. The fourth-order valence-corrected chi connectivity index (χ4v) is 5.50. The Labute approximate surface area is 233 Å². The quantitative estimate of drug-likeness (QED) is 0.262. The Morgan fingerprint density at radius 3 is 2.38 bits per heavy atom. The predicted molar refractivity (Wildman–Crippen MR) is 155 cm³/mol. The zero-order chi connectivity index (χ0) is 27.9. The van der Waals surface area contributed by atoms with Crippen LogP contribution < -0.4 is 0 Å². The molecule has 4 heterocycles. The molecule has 1 fully saturated rings. The highest BCUT2D eigenvalue weighted by atomic mass is 16.6. The van der Waals surface area contributed by atoms with Gasteiger partial charge in [0.2, 0.25) is 0 Å². The van der Waals surface area contributed by atoms with E-state index < -0.39 is 11.2 Å². The molecule has 8 heteroatoms. The van der Waals surface area contributed by atoms with E-state index >= 15 is 0 Å². The van der Waals surface area contributed by atoms with Crippen molar-refractivity contribution in [3.63, 3.8) is 0 Å². The number of hydrogen-bond acceptors (Lipinski definition) is 6. The highest BCUT2D eigenvalue weighted by Gasteiger charge is 2.38. The van der Waals surface area contributed by atoms with Crippen LogP contribution in [-0.4, -0.2) is 56.4 Å². The number of rotatable bonds is 4. The minimum atomic E-state index is -0.508. The largest absolute Gasteiger partial charge is 0.444 e. The lowest BCUT2D eigenvalue weighted by Gasteiger charge is -2.41. The molecule has 5 aromatic rings. The molecule has 0 N–H and O–H groups in total. The maximum atomic E-state index is 12.5. The van der Waals surface area contributed by atoms with E-state index in [0.717, 1.165) is 44.4 Å². The molecule has 6 rings (SSSR count). The maximum Gasteiger partial charge on any atom is 0.410 e. The lowest BCUT2D eigenvalue weighted by Crippen LogP contribution is -2.47. The van der Waals surface area contributed by atoms with E-state index in [1.54, 1.807) is 12.0 Å². The molecule has 0 aliphatic carbocycles. The average Bonchev–Trinajstić information content (AvgIpc) is 3.39. The first-order chi connectivity index (χ1) is 19.3. The molecule has 0 atom stereocenters. The van der Waals surface area contributed by atoms with Crippen molar-refractivity contribution in [1.82, 2.24) is 24.5 Å². The number of fused-ring (bicyclic) bond motifs is 2. The third kappa shape index (κ3) is 4.79. The van der Waals surface area contributed by atoms with Gasteiger partial charge in [0.25, 0.3) is 0 Å². The number of likely N-dealkylation sites (tertiary alicyclic amines) is 1. The van der Waals surface area contributed by atoms with Crippen molar-refractivity contribution in [3.05, 3.63) is 84.9 Å². The second-order valence-electron chi connectivity index (χ2n) is 11.3. The Hall–Kier alpha value is -4.30. The van der Waals surface area contributed by atoms with E-state index in [1.165, 1.54) is 0 Å². The van der Waals surface area contributed by atoms with Crippen LogP contribution in [0.4, 0.5) is 4.79 Å².